The summed E-state index contributed by atoms with van der Waals surface area (Å²) in [6, 6.07) is 9.59. The Kier molecular flexibility index (Phi) is 6.22. The van der Waals surface area contributed by atoms with Crippen molar-refractivity contribution in [3.05, 3.63) is 47.8 Å². The van der Waals surface area contributed by atoms with E-state index >= 15 is 0 Å². The van der Waals surface area contributed by atoms with Crippen molar-refractivity contribution in [2.45, 2.75) is 26.4 Å². The SMILES string of the molecule is COc1ccc(CC(=O)Nc2ccc(OC(C)C)c(F)c2)cc1OC. The maximum Gasteiger partial charge on any atom is 0.228 e. The summed E-state index contributed by atoms with van der Waals surface area (Å²) in [5.41, 5.74) is 1.13. The first-order chi connectivity index (χ1) is 11.9. The highest BCUT2D eigenvalue weighted by Crippen LogP contribution is 2.28. The second kappa shape index (κ2) is 8.37. The number of methoxy groups -OCH3 is 2. The molecule has 0 unspecified atom stereocenters. The lowest BCUT2D eigenvalue weighted by atomic mass is 10.1. The smallest absolute Gasteiger partial charge is 0.228 e. The fraction of sp³-hybridized carbons (Fsp3) is 0.316. The fourth-order valence-corrected chi connectivity index (χ4v) is 2.31. The van der Waals surface area contributed by atoms with Gasteiger partial charge in [0, 0.05) is 11.8 Å². The van der Waals surface area contributed by atoms with Gasteiger partial charge in [0.1, 0.15) is 0 Å². The summed E-state index contributed by atoms with van der Waals surface area (Å²) < 4.78 is 29.7. The van der Waals surface area contributed by atoms with E-state index in [9.17, 15) is 9.18 Å². The molecule has 0 aliphatic heterocycles. The summed E-state index contributed by atoms with van der Waals surface area (Å²) in [7, 11) is 3.08. The van der Waals surface area contributed by atoms with Crippen LogP contribution in [0.3, 0.4) is 0 Å². The Morgan fingerprint density at radius 1 is 1.04 bits per heavy atom. The molecule has 6 heteroatoms. The van der Waals surface area contributed by atoms with Gasteiger partial charge < -0.3 is 19.5 Å². The van der Waals surface area contributed by atoms with Crippen LogP contribution in [0.15, 0.2) is 36.4 Å². The van der Waals surface area contributed by atoms with Gasteiger partial charge in [-0.15, -0.1) is 0 Å². The molecule has 0 spiro atoms. The van der Waals surface area contributed by atoms with Gasteiger partial charge in [-0.25, -0.2) is 4.39 Å². The van der Waals surface area contributed by atoms with Crippen LogP contribution in [0.4, 0.5) is 10.1 Å². The van der Waals surface area contributed by atoms with Gasteiger partial charge in [-0.05, 0) is 43.7 Å². The van der Waals surface area contributed by atoms with Gasteiger partial charge in [0.15, 0.2) is 23.1 Å². The van der Waals surface area contributed by atoms with Crippen LogP contribution in [0.5, 0.6) is 17.2 Å². The molecule has 134 valence electrons. The predicted octanol–water partition coefficient (Wildman–Crippen LogP) is 3.81. The van der Waals surface area contributed by atoms with Gasteiger partial charge in [-0.1, -0.05) is 6.07 Å². The molecule has 2 rings (SSSR count). The van der Waals surface area contributed by atoms with E-state index in [-0.39, 0.29) is 24.2 Å². The molecule has 1 N–H and O–H groups in total. The van der Waals surface area contributed by atoms with Crippen LogP contribution >= 0.6 is 0 Å². The molecule has 0 atom stereocenters. The summed E-state index contributed by atoms with van der Waals surface area (Å²) in [5.74, 6) is 0.526. The van der Waals surface area contributed by atoms with E-state index in [2.05, 4.69) is 5.32 Å². The van der Waals surface area contributed by atoms with E-state index in [1.807, 2.05) is 13.8 Å². The Balaban J connectivity index is 2.04. The van der Waals surface area contributed by atoms with Crippen LogP contribution < -0.4 is 19.5 Å². The Morgan fingerprint density at radius 3 is 2.32 bits per heavy atom. The highest BCUT2D eigenvalue weighted by molar-refractivity contribution is 5.92. The zero-order valence-corrected chi connectivity index (χ0v) is 14.8. The number of ether oxygens (including phenoxy) is 3. The van der Waals surface area contributed by atoms with E-state index < -0.39 is 5.82 Å². The van der Waals surface area contributed by atoms with Gasteiger partial charge in [0.2, 0.25) is 5.91 Å². The van der Waals surface area contributed by atoms with Crippen molar-refractivity contribution in [2.75, 3.05) is 19.5 Å². The molecule has 0 radical (unpaired) electrons. The largest absolute Gasteiger partial charge is 0.493 e. The second-order valence-corrected chi connectivity index (χ2v) is 5.73. The van der Waals surface area contributed by atoms with Crippen molar-refractivity contribution < 1.29 is 23.4 Å². The molecule has 0 bridgehead atoms. The van der Waals surface area contributed by atoms with Crippen LogP contribution in [0, 0.1) is 5.82 Å². The number of benzene rings is 2. The lowest BCUT2D eigenvalue weighted by Gasteiger charge is -2.12. The Morgan fingerprint density at radius 2 is 1.72 bits per heavy atom. The number of hydrogen-bond donors (Lipinski definition) is 1. The molecule has 0 fully saturated rings. The normalized spacial score (nSPS) is 10.5. The lowest BCUT2D eigenvalue weighted by molar-refractivity contribution is -0.115. The summed E-state index contributed by atoms with van der Waals surface area (Å²) in [6.07, 6.45) is 0.00616. The van der Waals surface area contributed by atoms with Gasteiger partial charge in [0.05, 0.1) is 26.7 Å². The Bertz CT molecular complexity index is 746. The molecule has 25 heavy (non-hydrogen) atoms. The third-order valence-electron chi connectivity index (χ3n) is 3.39. The van der Waals surface area contributed by atoms with Crippen molar-refractivity contribution in [3.8, 4) is 17.2 Å². The van der Waals surface area contributed by atoms with E-state index in [4.69, 9.17) is 14.2 Å². The molecule has 0 saturated heterocycles. The van der Waals surface area contributed by atoms with Gasteiger partial charge in [0.25, 0.3) is 0 Å². The second-order valence-electron chi connectivity index (χ2n) is 5.73. The first kappa shape index (κ1) is 18.6. The molecule has 0 aromatic heterocycles. The Labute approximate surface area is 146 Å². The van der Waals surface area contributed by atoms with Crippen molar-refractivity contribution in [1.29, 1.82) is 0 Å². The molecule has 5 nitrogen and oxygen atoms in total. The number of anilines is 1. The van der Waals surface area contributed by atoms with Crippen LogP contribution in [0.1, 0.15) is 19.4 Å². The summed E-state index contributed by atoms with van der Waals surface area (Å²) in [4.78, 5) is 12.2. The van der Waals surface area contributed by atoms with Crippen molar-refractivity contribution >= 4 is 11.6 Å². The zero-order valence-electron chi connectivity index (χ0n) is 14.8. The summed E-state index contributed by atoms with van der Waals surface area (Å²) >= 11 is 0. The average Bonchev–Trinajstić information content (AvgIpc) is 2.56. The van der Waals surface area contributed by atoms with Crippen LogP contribution in [0.2, 0.25) is 0 Å². The topological polar surface area (TPSA) is 56.8 Å². The van der Waals surface area contributed by atoms with E-state index in [0.29, 0.717) is 17.2 Å². The molecule has 0 aliphatic carbocycles. The van der Waals surface area contributed by atoms with Gasteiger partial charge in [-0.3, -0.25) is 4.79 Å². The molecular formula is C19H22FNO4. The van der Waals surface area contributed by atoms with Crippen molar-refractivity contribution in [1.82, 2.24) is 0 Å². The van der Waals surface area contributed by atoms with Gasteiger partial charge >= 0.3 is 0 Å². The predicted molar refractivity (Wildman–Crippen MR) is 94.0 cm³/mol. The minimum atomic E-state index is -0.516. The van der Waals surface area contributed by atoms with Gasteiger partial charge in [-0.2, -0.15) is 0 Å². The molecular weight excluding hydrogens is 325 g/mol. The number of carbonyl (C=O) groups excluding carboxylic acids is 1. The molecule has 1 amide bonds. The molecule has 0 aliphatic rings. The van der Waals surface area contributed by atoms with E-state index in [0.717, 1.165) is 5.56 Å². The van der Waals surface area contributed by atoms with Crippen molar-refractivity contribution in [3.63, 3.8) is 0 Å². The Hall–Kier alpha value is -2.76. The first-order valence-electron chi connectivity index (χ1n) is 7.90. The fourth-order valence-electron chi connectivity index (χ4n) is 2.31. The van der Waals surface area contributed by atoms with E-state index in [1.165, 1.54) is 19.2 Å². The number of amides is 1. The number of hydrogen-bond acceptors (Lipinski definition) is 4. The molecule has 0 saturated carbocycles. The minimum Gasteiger partial charge on any atom is -0.493 e. The minimum absolute atomic E-state index is 0.125. The maximum absolute atomic E-state index is 14.0. The average molecular weight is 347 g/mol. The third-order valence-corrected chi connectivity index (χ3v) is 3.39. The monoisotopic (exact) mass is 347 g/mol. The zero-order chi connectivity index (χ0) is 18.4. The number of nitrogens with one attached hydrogen (secondary N) is 1. The third kappa shape index (κ3) is 5.11. The first-order valence-corrected chi connectivity index (χ1v) is 7.90. The molecule has 2 aromatic rings. The van der Waals surface area contributed by atoms with Crippen LogP contribution in [0.25, 0.3) is 0 Å². The summed E-state index contributed by atoms with van der Waals surface area (Å²) in [6.45, 7) is 3.64. The highest BCUT2D eigenvalue weighted by atomic mass is 19.1. The van der Waals surface area contributed by atoms with E-state index in [1.54, 1.807) is 31.4 Å². The molecule has 2 aromatic carbocycles. The number of halogens is 1. The molecule has 0 heterocycles. The lowest BCUT2D eigenvalue weighted by Crippen LogP contribution is -2.15. The number of carbonyl (C=O) groups is 1. The van der Waals surface area contributed by atoms with Crippen LogP contribution in [-0.2, 0) is 11.2 Å². The highest BCUT2D eigenvalue weighted by Gasteiger charge is 2.11. The maximum atomic E-state index is 14.0. The number of rotatable bonds is 7. The quantitative estimate of drug-likeness (QED) is 0.827. The standard InChI is InChI=1S/C19H22FNO4/c1-12(2)25-16-8-6-14(11-15(16)20)21-19(22)10-13-5-7-17(23-3)18(9-13)24-4/h5-9,11-12H,10H2,1-4H3,(H,21,22). The van der Waals surface area contributed by atoms with Crippen molar-refractivity contribution in [2.24, 2.45) is 0 Å². The van der Waals surface area contributed by atoms with Crippen LogP contribution in [-0.4, -0.2) is 26.2 Å². The summed E-state index contributed by atoms with van der Waals surface area (Å²) in [5, 5.41) is 2.67.